The first-order chi connectivity index (χ1) is 15.7. The van der Waals surface area contributed by atoms with E-state index >= 15 is 0 Å². The number of nitrogens with zero attached hydrogens (tertiary/aromatic N) is 1. The molecule has 0 aliphatic heterocycles. The van der Waals surface area contributed by atoms with Crippen molar-refractivity contribution in [3.63, 3.8) is 0 Å². The number of rotatable bonds is 12. The third-order valence-corrected chi connectivity index (χ3v) is 9.02. The highest BCUT2D eigenvalue weighted by Gasteiger charge is 2.34. The molecular formula is C20H25N2O7PS3. The predicted molar refractivity (Wildman–Crippen MR) is 131 cm³/mol. The molecule has 0 saturated heterocycles. The predicted octanol–water partition coefficient (Wildman–Crippen LogP) is 4.38. The molecule has 0 spiro atoms. The molecule has 180 valence electrons. The number of furan rings is 1. The second kappa shape index (κ2) is 11.8. The zero-order valence-electron chi connectivity index (χ0n) is 18.2. The summed E-state index contributed by atoms with van der Waals surface area (Å²) in [5, 5.41) is 0.0679. The molecule has 3 rings (SSSR count). The van der Waals surface area contributed by atoms with Crippen LogP contribution in [0.4, 0.5) is 5.13 Å². The first-order valence-electron chi connectivity index (χ1n) is 10.3. The Kier molecular flexibility index (Phi) is 9.37. The van der Waals surface area contributed by atoms with Crippen molar-refractivity contribution in [2.24, 2.45) is 5.92 Å². The molecule has 33 heavy (non-hydrogen) atoms. The quantitative estimate of drug-likeness (QED) is 0.237. The van der Waals surface area contributed by atoms with Crippen molar-refractivity contribution in [3.8, 4) is 11.5 Å². The van der Waals surface area contributed by atoms with Crippen LogP contribution in [0.2, 0.25) is 0 Å². The van der Waals surface area contributed by atoms with E-state index in [1.54, 1.807) is 6.07 Å². The van der Waals surface area contributed by atoms with E-state index < -0.39 is 7.60 Å². The van der Waals surface area contributed by atoms with Gasteiger partial charge < -0.3 is 19.2 Å². The van der Waals surface area contributed by atoms with Gasteiger partial charge >= 0.3 is 7.60 Å². The fraction of sp³-hybridized carbons (Fsp3) is 0.500. The topological polar surface area (TPSA) is 139 Å². The number of hydrogen-bond acceptors (Lipinski definition) is 12. The lowest BCUT2D eigenvalue weighted by Crippen LogP contribution is -2.21. The van der Waals surface area contributed by atoms with Gasteiger partial charge in [0.2, 0.25) is 5.50 Å². The normalized spacial score (nSPS) is 14.2. The van der Waals surface area contributed by atoms with Gasteiger partial charge in [-0.2, -0.15) is 0 Å². The third kappa shape index (κ3) is 7.03. The Morgan fingerprint density at radius 2 is 1.76 bits per heavy atom. The number of carbonyl (C=O) groups excluding carboxylic acids is 3. The summed E-state index contributed by atoms with van der Waals surface area (Å²) in [7, 11) is -3.89. The largest absolute Gasteiger partial charge is 0.446 e. The number of hydrogen-bond donors (Lipinski definition) is 1. The van der Waals surface area contributed by atoms with Gasteiger partial charge in [0.1, 0.15) is 10.6 Å². The fourth-order valence-electron chi connectivity index (χ4n) is 2.98. The highest BCUT2D eigenvalue weighted by molar-refractivity contribution is 8.13. The number of ketones is 1. The van der Waals surface area contributed by atoms with Crippen LogP contribution in [0.25, 0.3) is 11.5 Å². The maximum absolute atomic E-state index is 13.5. The second-order valence-electron chi connectivity index (χ2n) is 7.20. The first-order valence-corrected chi connectivity index (χ1v) is 14.6. The van der Waals surface area contributed by atoms with Gasteiger partial charge in [-0.1, -0.05) is 41.3 Å². The Bertz CT molecular complexity index is 1040. The maximum atomic E-state index is 13.5. The highest BCUT2D eigenvalue weighted by atomic mass is 32.2. The molecule has 1 aliphatic carbocycles. The van der Waals surface area contributed by atoms with Gasteiger partial charge in [0.15, 0.2) is 26.9 Å². The van der Waals surface area contributed by atoms with Gasteiger partial charge in [-0.05, 0) is 25.0 Å². The van der Waals surface area contributed by atoms with Crippen LogP contribution in [0.3, 0.4) is 0 Å². The molecule has 1 saturated carbocycles. The lowest BCUT2D eigenvalue weighted by molar-refractivity contribution is -0.109. The molecule has 1 fully saturated rings. The van der Waals surface area contributed by atoms with Gasteiger partial charge in [-0.25, -0.2) is 4.98 Å². The average Bonchev–Trinajstić information content (AvgIpc) is 3.34. The Labute approximate surface area is 204 Å². The number of thiazole rings is 1. The van der Waals surface area contributed by atoms with Crippen LogP contribution in [-0.2, 0) is 23.2 Å². The van der Waals surface area contributed by atoms with Gasteiger partial charge in [-0.3, -0.25) is 18.9 Å². The Morgan fingerprint density at radius 1 is 1.15 bits per heavy atom. The van der Waals surface area contributed by atoms with E-state index in [9.17, 15) is 18.9 Å². The minimum Gasteiger partial charge on any atom is -0.446 e. The maximum Gasteiger partial charge on any atom is 0.396 e. The van der Waals surface area contributed by atoms with Crippen LogP contribution in [0.15, 0.2) is 16.5 Å². The molecule has 2 aromatic heterocycles. The zero-order valence-corrected chi connectivity index (χ0v) is 21.6. The van der Waals surface area contributed by atoms with E-state index in [1.807, 2.05) is 0 Å². The number of nitrogen functional groups attached to an aromatic ring is 1. The Morgan fingerprint density at radius 3 is 2.27 bits per heavy atom. The SMILES string of the molecule is CC(=O)SCCOP(=O)(OCCSC(C)=O)c1ccc(-c2nc(N)sc2C(=O)C2CCC2)o1. The molecular weight excluding hydrogens is 507 g/mol. The summed E-state index contributed by atoms with van der Waals surface area (Å²) < 4.78 is 30.4. The summed E-state index contributed by atoms with van der Waals surface area (Å²) in [6, 6.07) is 3.01. The van der Waals surface area contributed by atoms with Crippen molar-refractivity contribution in [1.29, 1.82) is 0 Å². The number of Topliss-reactive ketones (excluding diaryl/α,β-unsaturated/α-hetero) is 1. The fourth-order valence-corrected chi connectivity index (χ4v) is 6.45. The van der Waals surface area contributed by atoms with Crippen LogP contribution in [-0.4, -0.2) is 45.7 Å². The van der Waals surface area contributed by atoms with E-state index in [1.165, 1.54) is 19.9 Å². The standard InChI is InChI=1S/C20H25N2O7PS3/c1-12(23)31-10-8-27-30(26,28-9-11-32-13(2)24)16-7-6-15(29-16)17-19(33-20(21)22-17)18(25)14-4-3-5-14/h6-7,14H,3-5,8-11H2,1-2H3,(H2,21,22). The lowest BCUT2D eigenvalue weighted by Gasteiger charge is -2.23. The van der Waals surface area contributed by atoms with Crippen molar-refractivity contribution in [1.82, 2.24) is 4.98 Å². The number of aromatic nitrogens is 1. The van der Waals surface area contributed by atoms with Gasteiger partial charge in [0.25, 0.3) is 0 Å². The molecule has 13 heteroatoms. The van der Waals surface area contributed by atoms with Gasteiger partial charge in [0.05, 0.1) is 13.2 Å². The molecule has 0 radical (unpaired) electrons. The molecule has 0 bridgehead atoms. The number of carbonyl (C=O) groups is 3. The van der Waals surface area contributed by atoms with Crippen molar-refractivity contribution in [3.05, 3.63) is 17.0 Å². The minimum absolute atomic E-state index is 0.00747. The second-order valence-corrected chi connectivity index (χ2v) is 12.7. The molecule has 2 N–H and O–H groups in total. The molecule has 2 aromatic rings. The van der Waals surface area contributed by atoms with Gasteiger partial charge in [0, 0.05) is 31.3 Å². The monoisotopic (exact) mass is 532 g/mol. The van der Waals surface area contributed by atoms with Crippen molar-refractivity contribution >= 4 is 69.1 Å². The number of thioether (sulfide) groups is 2. The van der Waals surface area contributed by atoms with Gasteiger partial charge in [-0.15, -0.1) is 0 Å². The lowest BCUT2D eigenvalue weighted by atomic mass is 9.81. The summed E-state index contributed by atoms with van der Waals surface area (Å²) in [5.74, 6) is 0.779. The molecule has 0 aromatic carbocycles. The summed E-state index contributed by atoms with van der Waals surface area (Å²) in [5.41, 5.74) is 6.13. The average molecular weight is 533 g/mol. The third-order valence-electron chi connectivity index (χ3n) is 4.74. The van der Waals surface area contributed by atoms with Crippen molar-refractivity contribution < 1.29 is 32.4 Å². The smallest absolute Gasteiger partial charge is 0.396 e. The summed E-state index contributed by atoms with van der Waals surface area (Å²) in [6.45, 7) is 2.85. The van der Waals surface area contributed by atoms with E-state index in [0.717, 1.165) is 54.1 Å². The van der Waals surface area contributed by atoms with Crippen LogP contribution >= 0.6 is 42.5 Å². The zero-order chi connectivity index (χ0) is 24.0. The highest BCUT2D eigenvalue weighted by Crippen LogP contribution is 2.48. The van der Waals surface area contributed by atoms with E-state index in [-0.39, 0.29) is 51.5 Å². The van der Waals surface area contributed by atoms with E-state index in [0.29, 0.717) is 22.1 Å². The van der Waals surface area contributed by atoms with E-state index in [4.69, 9.17) is 19.2 Å². The number of nitrogens with two attached hydrogens (primary N) is 1. The van der Waals surface area contributed by atoms with Crippen molar-refractivity contribution in [2.75, 3.05) is 30.5 Å². The summed E-state index contributed by atoms with van der Waals surface area (Å²) >= 11 is 3.19. The Balaban J connectivity index is 1.80. The summed E-state index contributed by atoms with van der Waals surface area (Å²) in [6.07, 6.45) is 2.70. The van der Waals surface area contributed by atoms with Crippen LogP contribution in [0.1, 0.15) is 42.8 Å². The number of anilines is 1. The molecule has 2 heterocycles. The summed E-state index contributed by atoms with van der Waals surface area (Å²) in [4.78, 5) is 39.8. The Hall–Kier alpha value is -1.43. The molecule has 0 unspecified atom stereocenters. The first kappa shape index (κ1) is 26.2. The van der Waals surface area contributed by atoms with Crippen LogP contribution in [0, 0.1) is 5.92 Å². The molecule has 9 nitrogen and oxygen atoms in total. The molecule has 0 amide bonds. The molecule has 1 aliphatic rings. The molecule has 0 atom stereocenters. The van der Waals surface area contributed by atoms with Crippen LogP contribution in [0.5, 0.6) is 0 Å². The minimum atomic E-state index is -3.89. The van der Waals surface area contributed by atoms with Crippen LogP contribution < -0.4 is 11.2 Å². The van der Waals surface area contributed by atoms with Crippen molar-refractivity contribution in [2.45, 2.75) is 33.1 Å². The van der Waals surface area contributed by atoms with E-state index in [2.05, 4.69) is 4.98 Å².